The maximum Gasteiger partial charge on any atom is 0.363 e. The number of ether oxygens (including phenoxy) is 4. The molecule has 1 aliphatic rings. The highest BCUT2D eigenvalue weighted by atomic mass is 16.6. The molecule has 0 N–H and O–H groups in total. The second kappa shape index (κ2) is 8.23. The number of hydrogen-bond acceptors (Lipinski definition) is 6. The molecule has 6 heteroatoms. The number of carbonyl (C=O) groups is 1. The Hall–Kier alpha value is -3.54. The molecule has 3 rings (SSSR count). The second-order valence-electron chi connectivity index (χ2n) is 5.57. The van der Waals surface area contributed by atoms with Crippen LogP contribution in [0.3, 0.4) is 0 Å². The van der Waals surface area contributed by atoms with E-state index in [9.17, 15) is 4.79 Å². The molecule has 0 spiro atoms. The average molecular weight is 365 g/mol. The predicted octanol–water partition coefficient (Wildman–Crippen LogP) is 3.72. The van der Waals surface area contributed by atoms with Crippen molar-refractivity contribution in [2.24, 2.45) is 4.99 Å². The zero-order valence-electron chi connectivity index (χ0n) is 15.3. The Balaban J connectivity index is 1.89. The third-order valence-electron chi connectivity index (χ3n) is 3.85. The maximum absolute atomic E-state index is 12.1. The van der Waals surface area contributed by atoms with E-state index >= 15 is 0 Å². The minimum Gasteiger partial charge on any atom is -0.493 e. The Bertz CT molecular complexity index is 904. The molecule has 6 nitrogen and oxygen atoms in total. The van der Waals surface area contributed by atoms with Gasteiger partial charge in [0.2, 0.25) is 11.6 Å². The Kier molecular flexibility index (Phi) is 5.56. The van der Waals surface area contributed by atoms with E-state index in [-0.39, 0.29) is 11.6 Å². The van der Waals surface area contributed by atoms with E-state index in [1.54, 1.807) is 24.3 Å². The summed E-state index contributed by atoms with van der Waals surface area (Å²) < 4.78 is 21.1. The van der Waals surface area contributed by atoms with E-state index in [0.29, 0.717) is 22.8 Å². The van der Waals surface area contributed by atoms with Crippen molar-refractivity contribution in [2.45, 2.75) is 0 Å². The molecular formula is C21H19NO5. The van der Waals surface area contributed by atoms with Gasteiger partial charge in [0.1, 0.15) is 0 Å². The normalized spacial score (nSPS) is 15.0. The summed E-state index contributed by atoms with van der Waals surface area (Å²) in [6, 6.07) is 13.1. The van der Waals surface area contributed by atoms with Crippen LogP contribution in [0.15, 0.2) is 59.2 Å². The van der Waals surface area contributed by atoms with E-state index in [1.165, 1.54) is 21.3 Å². The van der Waals surface area contributed by atoms with Gasteiger partial charge in [0, 0.05) is 6.08 Å². The van der Waals surface area contributed by atoms with Gasteiger partial charge in [-0.3, -0.25) is 0 Å². The van der Waals surface area contributed by atoms with Crippen molar-refractivity contribution in [1.29, 1.82) is 0 Å². The molecule has 0 aromatic heterocycles. The van der Waals surface area contributed by atoms with Crippen molar-refractivity contribution in [2.75, 3.05) is 21.3 Å². The van der Waals surface area contributed by atoms with Gasteiger partial charge in [0.25, 0.3) is 0 Å². The lowest BCUT2D eigenvalue weighted by molar-refractivity contribution is -0.129. The predicted molar refractivity (Wildman–Crippen MR) is 103 cm³/mol. The topological polar surface area (TPSA) is 66.4 Å². The minimum absolute atomic E-state index is 0.192. The Morgan fingerprint density at radius 1 is 0.889 bits per heavy atom. The molecule has 0 unspecified atom stereocenters. The summed E-state index contributed by atoms with van der Waals surface area (Å²) >= 11 is 0. The number of aliphatic imine (C=N–C) groups is 1. The van der Waals surface area contributed by atoms with Crippen LogP contribution in [0.4, 0.5) is 0 Å². The smallest absolute Gasteiger partial charge is 0.363 e. The fraction of sp³-hybridized carbons (Fsp3) is 0.143. The molecule has 1 heterocycles. The van der Waals surface area contributed by atoms with E-state index in [2.05, 4.69) is 4.99 Å². The lowest BCUT2D eigenvalue weighted by Crippen LogP contribution is -2.01. The molecule has 0 amide bonds. The van der Waals surface area contributed by atoms with Gasteiger partial charge in [-0.15, -0.1) is 0 Å². The molecule has 0 saturated carbocycles. The third kappa shape index (κ3) is 4.17. The summed E-state index contributed by atoms with van der Waals surface area (Å²) in [5.41, 5.74) is 1.85. The first-order chi connectivity index (χ1) is 13.1. The number of benzene rings is 2. The zero-order valence-corrected chi connectivity index (χ0v) is 15.3. The maximum atomic E-state index is 12.1. The standard InChI is InChI=1S/C21H19NO5/c1-24-17-12-15(13-18(25-2)20(17)26-3)11-16-21(23)27-19(22-16)10-9-14-7-5-4-6-8-14/h4-13H,1-3H3/b10-9+,16-11-. The van der Waals surface area contributed by atoms with E-state index in [0.717, 1.165) is 5.56 Å². The van der Waals surface area contributed by atoms with Crippen molar-refractivity contribution in [3.05, 3.63) is 65.4 Å². The van der Waals surface area contributed by atoms with Gasteiger partial charge < -0.3 is 18.9 Å². The number of hydrogen-bond donors (Lipinski definition) is 0. The molecule has 2 aromatic rings. The number of nitrogens with zero attached hydrogens (tertiary/aromatic N) is 1. The van der Waals surface area contributed by atoms with Gasteiger partial charge in [0.05, 0.1) is 21.3 Å². The average Bonchev–Trinajstić information content (AvgIpc) is 3.05. The van der Waals surface area contributed by atoms with Gasteiger partial charge in [-0.05, 0) is 35.4 Å². The summed E-state index contributed by atoms with van der Waals surface area (Å²) in [6.07, 6.45) is 5.09. The van der Waals surface area contributed by atoms with E-state index in [1.807, 2.05) is 36.4 Å². The van der Waals surface area contributed by atoms with Gasteiger partial charge in [-0.25, -0.2) is 9.79 Å². The Labute approximate surface area is 157 Å². The zero-order chi connectivity index (χ0) is 19.2. The number of rotatable bonds is 6. The number of cyclic esters (lactones) is 1. The number of esters is 1. The number of methoxy groups -OCH3 is 3. The fourth-order valence-electron chi connectivity index (χ4n) is 2.57. The summed E-state index contributed by atoms with van der Waals surface area (Å²) in [7, 11) is 4.59. The van der Waals surface area contributed by atoms with Crippen molar-refractivity contribution < 1.29 is 23.7 Å². The lowest BCUT2D eigenvalue weighted by Gasteiger charge is -2.12. The fourth-order valence-corrected chi connectivity index (χ4v) is 2.57. The van der Waals surface area contributed by atoms with Crippen LogP contribution in [-0.4, -0.2) is 33.2 Å². The van der Waals surface area contributed by atoms with Crippen LogP contribution in [0.25, 0.3) is 12.2 Å². The highest BCUT2D eigenvalue weighted by Gasteiger charge is 2.22. The van der Waals surface area contributed by atoms with Crippen LogP contribution in [0.1, 0.15) is 11.1 Å². The van der Waals surface area contributed by atoms with Crippen molar-refractivity contribution >= 4 is 24.0 Å². The van der Waals surface area contributed by atoms with Gasteiger partial charge in [-0.2, -0.15) is 0 Å². The van der Waals surface area contributed by atoms with E-state index < -0.39 is 5.97 Å². The Morgan fingerprint density at radius 3 is 2.15 bits per heavy atom. The van der Waals surface area contributed by atoms with Gasteiger partial charge >= 0.3 is 5.97 Å². The highest BCUT2D eigenvalue weighted by Crippen LogP contribution is 2.38. The monoisotopic (exact) mass is 365 g/mol. The number of carbonyl (C=O) groups excluding carboxylic acids is 1. The first-order valence-corrected chi connectivity index (χ1v) is 8.20. The van der Waals surface area contributed by atoms with Gasteiger partial charge in [-0.1, -0.05) is 30.3 Å². The molecule has 0 aliphatic carbocycles. The summed E-state index contributed by atoms with van der Waals surface area (Å²) in [6.45, 7) is 0. The summed E-state index contributed by atoms with van der Waals surface area (Å²) in [4.78, 5) is 16.3. The molecule has 138 valence electrons. The molecule has 27 heavy (non-hydrogen) atoms. The molecule has 0 radical (unpaired) electrons. The first kappa shape index (κ1) is 18.3. The molecular weight excluding hydrogens is 346 g/mol. The molecule has 1 aliphatic heterocycles. The third-order valence-corrected chi connectivity index (χ3v) is 3.85. The lowest BCUT2D eigenvalue weighted by atomic mass is 10.1. The van der Waals surface area contributed by atoms with Crippen LogP contribution < -0.4 is 14.2 Å². The van der Waals surface area contributed by atoms with Crippen LogP contribution in [0.2, 0.25) is 0 Å². The molecule has 0 atom stereocenters. The summed E-state index contributed by atoms with van der Waals surface area (Å²) in [5, 5.41) is 0. The van der Waals surface area contributed by atoms with Crippen LogP contribution in [0.5, 0.6) is 17.2 Å². The molecule has 0 saturated heterocycles. The molecule has 0 bridgehead atoms. The van der Waals surface area contributed by atoms with Crippen molar-refractivity contribution in [3.8, 4) is 17.2 Å². The van der Waals surface area contributed by atoms with Crippen LogP contribution in [0, 0.1) is 0 Å². The SMILES string of the molecule is COc1cc(/C=C2N=C(/C=C/c3ccccc3)OC\2=O)cc(OC)c1OC. The molecule has 0 fully saturated rings. The van der Waals surface area contributed by atoms with Gasteiger partial charge in [0.15, 0.2) is 17.2 Å². The summed E-state index contributed by atoms with van der Waals surface area (Å²) in [5.74, 6) is 1.18. The van der Waals surface area contributed by atoms with Crippen molar-refractivity contribution in [3.63, 3.8) is 0 Å². The van der Waals surface area contributed by atoms with Crippen molar-refractivity contribution in [1.82, 2.24) is 0 Å². The highest BCUT2D eigenvalue weighted by molar-refractivity contribution is 6.11. The van der Waals surface area contributed by atoms with Crippen LogP contribution >= 0.6 is 0 Å². The first-order valence-electron chi connectivity index (χ1n) is 8.20. The Morgan fingerprint density at radius 2 is 1.56 bits per heavy atom. The quantitative estimate of drug-likeness (QED) is 0.577. The van der Waals surface area contributed by atoms with Crippen LogP contribution in [-0.2, 0) is 9.53 Å². The molecule has 2 aromatic carbocycles. The van der Waals surface area contributed by atoms with E-state index in [4.69, 9.17) is 18.9 Å². The largest absolute Gasteiger partial charge is 0.493 e. The minimum atomic E-state index is -0.517. The second-order valence-corrected chi connectivity index (χ2v) is 5.57.